The van der Waals surface area contributed by atoms with Crippen LogP contribution < -0.4 is 0 Å². The monoisotopic (exact) mass is 263 g/mol. The Bertz CT molecular complexity index is 486. The minimum atomic E-state index is -1.03. The molecule has 1 N–H and O–H groups in total. The van der Waals surface area contributed by atoms with Gasteiger partial charge in [0.2, 0.25) is 0 Å². The predicted octanol–water partition coefficient (Wildman–Crippen LogP) is 1.17. The molecular weight excluding hydrogens is 246 g/mol. The van der Waals surface area contributed by atoms with Crippen LogP contribution in [0.2, 0.25) is 0 Å². The second kappa shape index (κ2) is 5.84. The number of hydrogen-bond acceptors (Lipinski definition) is 3. The molecule has 1 aromatic carbocycles. The van der Waals surface area contributed by atoms with Gasteiger partial charge in [-0.3, -0.25) is 4.79 Å². The Morgan fingerprint density at radius 3 is 2.84 bits per heavy atom. The maximum Gasteiger partial charge on any atom is 0.334 e. The number of benzene rings is 1. The summed E-state index contributed by atoms with van der Waals surface area (Å²) in [6, 6.07) is 7.42. The van der Waals surface area contributed by atoms with Crippen LogP contribution in [0.15, 0.2) is 24.3 Å². The molecule has 1 amide bonds. The van der Waals surface area contributed by atoms with Crippen LogP contribution in [-0.4, -0.2) is 47.7 Å². The van der Waals surface area contributed by atoms with Crippen LogP contribution in [0.4, 0.5) is 0 Å². The number of carboxylic acids is 1. The summed E-state index contributed by atoms with van der Waals surface area (Å²) in [4.78, 5) is 24.9. The van der Waals surface area contributed by atoms with E-state index in [2.05, 4.69) is 0 Å². The molecule has 1 fully saturated rings. The fourth-order valence-corrected chi connectivity index (χ4v) is 2.19. The van der Waals surface area contributed by atoms with E-state index in [1.807, 2.05) is 25.1 Å². The van der Waals surface area contributed by atoms with Gasteiger partial charge in [0, 0.05) is 12.1 Å². The number of carbonyl (C=O) groups excluding carboxylic acids is 1. The first-order valence-corrected chi connectivity index (χ1v) is 6.35. The highest BCUT2D eigenvalue weighted by Gasteiger charge is 2.29. The van der Waals surface area contributed by atoms with Crippen molar-refractivity contribution in [1.82, 2.24) is 4.90 Å². The smallest absolute Gasteiger partial charge is 0.334 e. The zero-order chi connectivity index (χ0) is 13.8. The second-order valence-electron chi connectivity index (χ2n) is 4.46. The van der Waals surface area contributed by atoms with Crippen molar-refractivity contribution in [2.75, 3.05) is 19.7 Å². The van der Waals surface area contributed by atoms with E-state index >= 15 is 0 Å². The molecule has 0 radical (unpaired) electrons. The standard InChI is InChI=1S/C14H17NO4/c1-2-10-5-3-4-6-11(10)13(16)15-7-8-19-12(9-15)14(17)18/h3-6,12H,2,7-9H2,1H3,(H,17,18). The lowest BCUT2D eigenvalue weighted by Gasteiger charge is -2.31. The third kappa shape index (κ3) is 2.93. The zero-order valence-corrected chi connectivity index (χ0v) is 10.8. The summed E-state index contributed by atoms with van der Waals surface area (Å²) >= 11 is 0. The number of carbonyl (C=O) groups is 2. The lowest BCUT2D eigenvalue weighted by atomic mass is 10.0. The van der Waals surface area contributed by atoms with Gasteiger partial charge in [0.25, 0.3) is 5.91 Å². The number of aliphatic carboxylic acids is 1. The summed E-state index contributed by atoms with van der Waals surface area (Å²) in [7, 11) is 0. The third-order valence-electron chi connectivity index (χ3n) is 3.26. The molecule has 19 heavy (non-hydrogen) atoms. The van der Waals surface area contributed by atoms with Gasteiger partial charge >= 0.3 is 5.97 Å². The van der Waals surface area contributed by atoms with Gasteiger partial charge in [0.15, 0.2) is 6.10 Å². The quantitative estimate of drug-likeness (QED) is 0.889. The van der Waals surface area contributed by atoms with E-state index in [-0.39, 0.29) is 19.1 Å². The van der Waals surface area contributed by atoms with Gasteiger partial charge in [-0.15, -0.1) is 0 Å². The number of rotatable bonds is 3. The predicted molar refractivity (Wildman–Crippen MR) is 69.1 cm³/mol. The van der Waals surface area contributed by atoms with Crippen molar-refractivity contribution >= 4 is 11.9 Å². The largest absolute Gasteiger partial charge is 0.479 e. The van der Waals surface area contributed by atoms with Crippen LogP contribution in [-0.2, 0) is 16.0 Å². The molecule has 0 bridgehead atoms. The van der Waals surface area contributed by atoms with Crippen LogP contribution in [0.3, 0.4) is 0 Å². The molecule has 102 valence electrons. The van der Waals surface area contributed by atoms with Crippen molar-refractivity contribution in [2.24, 2.45) is 0 Å². The van der Waals surface area contributed by atoms with E-state index in [0.717, 1.165) is 12.0 Å². The fourth-order valence-electron chi connectivity index (χ4n) is 2.19. The van der Waals surface area contributed by atoms with Crippen molar-refractivity contribution in [1.29, 1.82) is 0 Å². The molecule has 5 heteroatoms. The van der Waals surface area contributed by atoms with Crippen molar-refractivity contribution in [3.8, 4) is 0 Å². The van der Waals surface area contributed by atoms with Gasteiger partial charge in [0.05, 0.1) is 13.2 Å². The van der Waals surface area contributed by atoms with Crippen LogP contribution in [0.5, 0.6) is 0 Å². The van der Waals surface area contributed by atoms with E-state index < -0.39 is 12.1 Å². The Morgan fingerprint density at radius 2 is 2.16 bits per heavy atom. The van der Waals surface area contributed by atoms with E-state index in [4.69, 9.17) is 9.84 Å². The molecule has 0 spiro atoms. The third-order valence-corrected chi connectivity index (χ3v) is 3.26. The van der Waals surface area contributed by atoms with E-state index in [1.165, 1.54) is 0 Å². The summed E-state index contributed by atoms with van der Waals surface area (Å²) in [5, 5.41) is 8.95. The lowest BCUT2D eigenvalue weighted by Crippen LogP contribution is -2.48. The molecule has 1 saturated heterocycles. The molecule has 1 aromatic rings. The first-order valence-electron chi connectivity index (χ1n) is 6.35. The molecule has 0 aromatic heterocycles. The summed E-state index contributed by atoms with van der Waals surface area (Å²) in [5.74, 6) is -1.15. The number of amides is 1. The average molecular weight is 263 g/mol. The Balaban J connectivity index is 2.17. The molecule has 1 atom stereocenters. The molecule has 1 heterocycles. The zero-order valence-electron chi connectivity index (χ0n) is 10.8. The summed E-state index contributed by atoms with van der Waals surface area (Å²) in [6.45, 7) is 2.79. The normalized spacial score (nSPS) is 19.2. The number of hydrogen-bond donors (Lipinski definition) is 1. The Labute approximate surface area is 111 Å². The first-order chi connectivity index (χ1) is 9.13. The van der Waals surface area contributed by atoms with Gasteiger partial charge in [0.1, 0.15) is 0 Å². The number of aryl methyl sites for hydroxylation is 1. The molecular formula is C14H17NO4. The van der Waals surface area contributed by atoms with Crippen LogP contribution in [0, 0.1) is 0 Å². The van der Waals surface area contributed by atoms with Crippen LogP contribution in [0.1, 0.15) is 22.8 Å². The van der Waals surface area contributed by atoms with Gasteiger partial charge in [-0.25, -0.2) is 4.79 Å². The molecule has 0 aliphatic carbocycles. The topological polar surface area (TPSA) is 66.8 Å². The molecule has 5 nitrogen and oxygen atoms in total. The highest BCUT2D eigenvalue weighted by atomic mass is 16.5. The molecule has 2 rings (SSSR count). The fraction of sp³-hybridized carbons (Fsp3) is 0.429. The summed E-state index contributed by atoms with van der Waals surface area (Å²) in [6.07, 6.45) is -0.152. The highest BCUT2D eigenvalue weighted by molar-refractivity contribution is 5.96. The molecule has 1 aliphatic rings. The Hall–Kier alpha value is -1.88. The lowest BCUT2D eigenvalue weighted by molar-refractivity contribution is -0.154. The SMILES string of the molecule is CCc1ccccc1C(=O)N1CCOC(C(=O)O)C1. The summed E-state index contributed by atoms with van der Waals surface area (Å²) in [5.41, 5.74) is 1.63. The maximum atomic E-state index is 12.4. The number of nitrogens with zero attached hydrogens (tertiary/aromatic N) is 1. The minimum absolute atomic E-state index is 0.103. The van der Waals surface area contributed by atoms with Crippen LogP contribution in [0.25, 0.3) is 0 Å². The molecule has 1 aliphatic heterocycles. The second-order valence-corrected chi connectivity index (χ2v) is 4.46. The van der Waals surface area contributed by atoms with Gasteiger partial charge in [-0.1, -0.05) is 25.1 Å². The minimum Gasteiger partial charge on any atom is -0.479 e. The Kier molecular flexibility index (Phi) is 4.16. The van der Waals surface area contributed by atoms with Crippen molar-refractivity contribution < 1.29 is 19.4 Å². The molecule has 1 unspecified atom stereocenters. The average Bonchev–Trinajstić information content (AvgIpc) is 2.46. The first kappa shape index (κ1) is 13.5. The van der Waals surface area contributed by atoms with Crippen molar-refractivity contribution in [3.05, 3.63) is 35.4 Å². The van der Waals surface area contributed by atoms with Crippen molar-refractivity contribution in [3.63, 3.8) is 0 Å². The van der Waals surface area contributed by atoms with E-state index in [0.29, 0.717) is 12.1 Å². The number of carboxylic acid groups (broad SMARTS) is 1. The number of morpholine rings is 1. The van der Waals surface area contributed by atoms with Gasteiger partial charge < -0.3 is 14.7 Å². The van der Waals surface area contributed by atoms with E-state index in [1.54, 1.807) is 11.0 Å². The Morgan fingerprint density at radius 1 is 1.42 bits per heavy atom. The molecule has 0 saturated carbocycles. The van der Waals surface area contributed by atoms with Crippen molar-refractivity contribution in [2.45, 2.75) is 19.4 Å². The highest BCUT2D eigenvalue weighted by Crippen LogP contribution is 2.15. The van der Waals surface area contributed by atoms with Gasteiger partial charge in [-0.2, -0.15) is 0 Å². The maximum absolute atomic E-state index is 12.4. The summed E-state index contributed by atoms with van der Waals surface area (Å²) < 4.78 is 5.12. The number of ether oxygens (including phenoxy) is 1. The van der Waals surface area contributed by atoms with Crippen LogP contribution >= 0.6 is 0 Å². The van der Waals surface area contributed by atoms with E-state index in [9.17, 15) is 9.59 Å². The van der Waals surface area contributed by atoms with Gasteiger partial charge in [-0.05, 0) is 18.1 Å².